The van der Waals surface area contributed by atoms with Crippen LogP contribution in [0.5, 0.6) is 0 Å². The van der Waals surface area contributed by atoms with Crippen LogP contribution in [0.4, 0.5) is 0 Å². The van der Waals surface area contributed by atoms with Gasteiger partial charge in [-0.1, -0.05) is 18.2 Å². The molecule has 0 N–H and O–H groups in total. The van der Waals surface area contributed by atoms with Crippen molar-refractivity contribution < 1.29 is 0 Å². The third-order valence-electron chi connectivity index (χ3n) is 4.35. The number of likely N-dealkylation sites (N-methyl/N-ethyl adjacent to an activating group) is 1. The number of nitrogens with zero attached hydrogens (tertiary/aromatic N) is 3. The lowest BCUT2D eigenvalue weighted by Crippen LogP contribution is -2.32. The van der Waals surface area contributed by atoms with Crippen molar-refractivity contribution in [1.29, 1.82) is 0 Å². The van der Waals surface area contributed by atoms with Crippen LogP contribution >= 0.6 is 11.3 Å². The zero-order valence-corrected chi connectivity index (χ0v) is 13.3. The average Bonchev–Trinajstić information content (AvgIpc) is 3.09. The lowest BCUT2D eigenvalue weighted by molar-refractivity contribution is 0.268. The standard InChI is InChI=1S/C18H17N3S/c1-21-9-7-13-4-5-14(15-6-8-19-20-12-15)11-16(13)18(21)17-3-2-10-22-17/h2-6,8,10-12,18H,7,9H2,1H3. The van der Waals surface area contributed by atoms with Crippen molar-refractivity contribution in [3.05, 3.63) is 70.2 Å². The highest BCUT2D eigenvalue weighted by atomic mass is 32.1. The third-order valence-corrected chi connectivity index (χ3v) is 5.27. The van der Waals surface area contributed by atoms with Gasteiger partial charge in [-0.2, -0.15) is 10.2 Å². The number of fused-ring (bicyclic) bond motifs is 1. The summed E-state index contributed by atoms with van der Waals surface area (Å²) in [4.78, 5) is 3.86. The van der Waals surface area contributed by atoms with Crippen molar-refractivity contribution in [2.75, 3.05) is 13.6 Å². The van der Waals surface area contributed by atoms with E-state index in [0.717, 1.165) is 18.5 Å². The molecule has 3 aromatic rings. The van der Waals surface area contributed by atoms with Crippen LogP contribution in [0.1, 0.15) is 22.0 Å². The Morgan fingerprint density at radius 2 is 2.09 bits per heavy atom. The molecular weight excluding hydrogens is 290 g/mol. The predicted molar refractivity (Wildman–Crippen MR) is 90.0 cm³/mol. The van der Waals surface area contributed by atoms with Crippen molar-refractivity contribution in [3.8, 4) is 11.1 Å². The van der Waals surface area contributed by atoms with E-state index >= 15 is 0 Å². The summed E-state index contributed by atoms with van der Waals surface area (Å²) in [6.07, 6.45) is 4.69. The quantitative estimate of drug-likeness (QED) is 0.721. The molecular formula is C18H17N3S. The van der Waals surface area contributed by atoms with Gasteiger partial charge in [0.05, 0.1) is 18.4 Å². The monoisotopic (exact) mass is 307 g/mol. The van der Waals surface area contributed by atoms with Crippen LogP contribution in [0.25, 0.3) is 11.1 Å². The molecule has 1 aromatic carbocycles. The highest BCUT2D eigenvalue weighted by molar-refractivity contribution is 7.10. The molecule has 4 heteroatoms. The minimum atomic E-state index is 0.360. The maximum atomic E-state index is 4.00. The maximum absolute atomic E-state index is 4.00. The maximum Gasteiger partial charge on any atom is 0.0696 e. The number of thiophene rings is 1. The number of hydrogen-bond acceptors (Lipinski definition) is 4. The van der Waals surface area contributed by atoms with E-state index in [2.05, 4.69) is 57.9 Å². The van der Waals surface area contributed by atoms with Gasteiger partial charge in [0.2, 0.25) is 0 Å². The van der Waals surface area contributed by atoms with E-state index in [1.54, 1.807) is 6.20 Å². The van der Waals surface area contributed by atoms with Gasteiger partial charge in [-0.15, -0.1) is 11.3 Å². The fourth-order valence-corrected chi connectivity index (χ4v) is 4.11. The smallest absolute Gasteiger partial charge is 0.0696 e. The summed E-state index contributed by atoms with van der Waals surface area (Å²) in [6.45, 7) is 1.10. The van der Waals surface area contributed by atoms with Gasteiger partial charge >= 0.3 is 0 Å². The molecule has 3 nitrogen and oxygen atoms in total. The summed E-state index contributed by atoms with van der Waals surface area (Å²) in [6, 6.07) is 13.6. The molecule has 4 rings (SSSR count). The van der Waals surface area contributed by atoms with Gasteiger partial charge in [-0.25, -0.2) is 0 Å². The molecule has 0 aliphatic carbocycles. The lowest BCUT2D eigenvalue weighted by atomic mass is 9.89. The van der Waals surface area contributed by atoms with Gasteiger partial charge in [-0.05, 0) is 53.7 Å². The van der Waals surface area contributed by atoms with Gasteiger partial charge in [0.1, 0.15) is 0 Å². The Balaban J connectivity index is 1.83. The first-order valence-electron chi connectivity index (χ1n) is 7.46. The van der Waals surface area contributed by atoms with Crippen molar-refractivity contribution in [2.24, 2.45) is 0 Å². The van der Waals surface area contributed by atoms with E-state index in [9.17, 15) is 0 Å². The Morgan fingerprint density at radius 3 is 2.86 bits per heavy atom. The molecule has 0 saturated carbocycles. The molecule has 1 aliphatic heterocycles. The molecule has 2 aromatic heterocycles. The van der Waals surface area contributed by atoms with E-state index in [1.165, 1.54) is 21.6 Å². The van der Waals surface area contributed by atoms with Crippen LogP contribution in [-0.4, -0.2) is 28.7 Å². The van der Waals surface area contributed by atoms with E-state index in [0.29, 0.717) is 6.04 Å². The van der Waals surface area contributed by atoms with Gasteiger partial charge < -0.3 is 0 Å². The molecule has 1 unspecified atom stereocenters. The summed E-state index contributed by atoms with van der Waals surface area (Å²) in [5.74, 6) is 0. The molecule has 1 atom stereocenters. The molecule has 0 radical (unpaired) electrons. The third kappa shape index (κ3) is 2.34. The van der Waals surface area contributed by atoms with Crippen LogP contribution < -0.4 is 0 Å². The molecule has 3 heterocycles. The molecule has 1 aliphatic rings. The van der Waals surface area contributed by atoms with Gasteiger partial charge in [-0.3, -0.25) is 4.90 Å². The molecule has 0 fully saturated rings. The highest BCUT2D eigenvalue weighted by Gasteiger charge is 2.27. The Labute approximate surface area is 134 Å². The fourth-order valence-electron chi connectivity index (χ4n) is 3.20. The topological polar surface area (TPSA) is 29.0 Å². The van der Waals surface area contributed by atoms with E-state index in [4.69, 9.17) is 0 Å². The van der Waals surface area contributed by atoms with Crippen LogP contribution in [0.3, 0.4) is 0 Å². The second-order valence-corrected chi connectivity index (χ2v) is 6.67. The second-order valence-electron chi connectivity index (χ2n) is 5.69. The van der Waals surface area contributed by atoms with Crippen molar-refractivity contribution in [1.82, 2.24) is 15.1 Å². The summed E-state index contributed by atoms with van der Waals surface area (Å²) >= 11 is 1.83. The summed E-state index contributed by atoms with van der Waals surface area (Å²) in [7, 11) is 2.22. The van der Waals surface area contributed by atoms with Crippen LogP contribution in [0, 0.1) is 0 Å². The first-order chi connectivity index (χ1) is 10.8. The number of hydrogen-bond donors (Lipinski definition) is 0. The van der Waals surface area contributed by atoms with Crippen LogP contribution in [-0.2, 0) is 6.42 Å². The van der Waals surface area contributed by atoms with Crippen LogP contribution in [0.15, 0.2) is 54.2 Å². The molecule has 110 valence electrons. The number of rotatable bonds is 2. The Hall–Kier alpha value is -2.04. The number of aromatic nitrogens is 2. The SMILES string of the molecule is CN1CCc2ccc(-c3ccnnc3)cc2C1c1cccs1. The van der Waals surface area contributed by atoms with Gasteiger partial charge in [0, 0.05) is 17.0 Å². The number of benzene rings is 1. The van der Waals surface area contributed by atoms with Gasteiger partial charge in [0.25, 0.3) is 0 Å². The van der Waals surface area contributed by atoms with Crippen molar-refractivity contribution in [2.45, 2.75) is 12.5 Å². The minimum absolute atomic E-state index is 0.360. The van der Waals surface area contributed by atoms with E-state index in [1.807, 2.05) is 23.6 Å². The van der Waals surface area contributed by atoms with Crippen LogP contribution in [0.2, 0.25) is 0 Å². The second kappa shape index (κ2) is 5.63. The first-order valence-corrected chi connectivity index (χ1v) is 8.34. The van der Waals surface area contributed by atoms with E-state index in [-0.39, 0.29) is 0 Å². The summed E-state index contributed by atoms with van der Waals surface area (Å²) in [5, 5.41) is 10.0. The van der Waals surface area contributed by atoms with Crippen molar-refractivity contribution in [3.63, 3.8) is 0 Å². The zero-order valence-electron chi connectivity index (χ0n) is 12.4. The lowest BCUT2D eigenvalue weighted by Gasteiger charge is -2.34. The predicted octanol–water partition coefficient (Wildman–Crippen LogP) is 3.78. The Bertz CT molecular complexity index is 768. The largest absolute Gasteiger partial charge is 0.294 e. The summed E-state index contributed by atoms with van der Waals surface area (Å²) < 4.78 is 0. The first kappa shape index (κ1) is 13.6. The van der Waals surface area contributed by atoms with Gasteiger partial charge in [0.15, 0.2) is 0 Å². The van der Waals surface area contributed by atoms with E-state index < -0.39 is 0 Å². The molecule has 0 bridgehead atoms. The summed E-state index contributed by atoms with van der Waals surface area (Å²) in [5.41, 5.74) is 5.22. The molecule has 22 heavy (non-hydrogen) atoms. The zero-order chi connectivity index (χ0) is 14.9. The molecule has 0 spiro atoms. The molecule has 0 saturated heterocycles. The highest BCUT2D eigenvalue weighted by Crippen LogP contribution is 2.38. The average molecular weight is 307 g/mol. The Kier molecular flexibility index (Phi) is 3.48. The fraction of sp³-hybridized carbons (Fsp3) is 0.222. The molecule has 0 amide bonds. The Morgan fingerprint density at radius 1 is 1.14 bits per heavy atom. The minimum Gasteiger partial charge on any atom is -0.294 e. The van der Waals surface area contributed by atoms with Crippen molar-refractivity contribution >= 4 is 11.3 Å². The normalized spacial score (nSPS) is 18.1.